The highest BCUT2D eigenvalue weighted by atomic mass is 79.9. The van der Waals surface area contributed by atoms with E-state index < -0.39 is 0 Å². The van der Waals surface area contributed by atoms with Crippen molar-refractivity contribution >= 4 is 27.7 Å². The van der Waals surface area contributed by atoms with Crippen molar-refractivity contribution in [1.29, 1.82) is 0 Å². The first-order chi connectivity index (χ1) is 6.77. The lowest BCUT2D eigenvalue weighted by Gasteiger charge is -2.10. The number of halogens is 1. The quantitative estimate of drug-likeness (QED) is 0.800. The molecule has 0 unspecified atom stereocenters. The van der Waals surface area contributed by atoms with Gasteiger partial charge in [-0.2, -0.15) is 0 Å². The Kier molecular flexibility index (Phi) is 3.50. The average Bonchev–Trinajstić information content (AvgIpc) is 2.66. The van der Waals surface area contributed by atoms with Crippen molar-refractivity contribution in [3.05, 3.63) is 22.3 Å². The summed E-state index contributed by atoms with van der Waals surface area (Å²) in [5.74, 6) is 0. The van der Waals surface area contributed by atoms with E-state index in [1.807, 2.05) is 24.0 Å². The fourth-order valence-corrected chi connectivity index (χ4v) is 3.55. The third-order valence-electron chi connectivity index (χ3n) is 2.63. The predicted molar refractivity (Wildman–Crippen MR) is 64.8 cm³/mol. The molecule has 1 heterocycles. The summed E-state index contributed by atoms with van der Waals surface area (Å²) >= 11 is 5.54. The zero-order valence-electron chi connectivity index (χ0n) is 8.29. The van der Waals surface area contributed by atoms with E-state index in [1.54, 1.807) is 0 Å². The Bertz CT molecular complexity index is 321. The lowest BCUT2D eigenvalue weighted by molar-refractivity contribution is 0.886. The van der Waals surface area contributed by atoms with Crippen LogP contribution in [0.5, 0.6) is 0 Å². The minimum Gasteiger partial charge on any atom is -0.249 e. The van der Waals surface area contributed by atoms with Gasteiger partial charge in [0.2, 0.25) is 0 Å². The van der Waals surface area contributed by atoms with Gasteiger partial charge in [-0.1, -0.05) is 12.8 Å². The topological polar surface area (TPSA) is 12.9 Å². The van der Waals surface area contributed by atoms with E-state index in [2.05, 4.69) is 27.8 Å². The number of hydrogen-bond donors (Lipinski definition) is 0. The molecular weight excluding hydrogens is 258 g/mol. The number of aryl methyl sites for hydroxylation is 1. The van der Waals surface area contributed by atoms with E-state index in [-0.39, 0.29) is 0 Å². The van der Waals surface area contributed by atoms with Crippen LogP contribution in [0.3, 0.4) is 0 Å². The molecule has 3 heteroatoms. The molecule has 0 saturated heterocycles. The Morgan fingerprint density at radius 2 is 2.14 bits per heavy atom. The van der Waals surface area contributed by atoms with Crippen molar-refractivity contribution in [3.8, 4) is 0 Å². The fourth-order valence-electron chi connectivity index (χ4n) is 1.76. The Morgan fingerprint density at radius 3 is 2.86 bits per heavy atom. The summed E-state index contributed by atoms with van der Waals surface area (Å²) in [6, 6.07) is 2.04. The Balaban J connectivity index is 2.11. The Morgan fingerprint density at radius 1 is 1.43 bits per heavy atom. The second kappa shape index (κ2) is 4.67. The molecule has 0 radical (unpaired) electrons. The molecule has 2 rings (SSSR count). The number of pyridine rings is 1. The summed E-state index contributed by atoms with van der Waals surface area (Å²) in [6.07, 6.45) is 7.39. The fraction of sp³-hybridized carbons (Fsp3) is 0.545. The average molecular weight is 272 g/mol. The summed E-state index contributed by atoms with van der Waals surface area (Å²) < 4.78 is 1.18. The molecule has 0 bridgehead atoms. The molecule has 0 aliphatic heterocycles. The van der Waals surface area contributed by atoms with Gasteiger partial charge in [-0.25, -0.2) is 4.98 Å². The molecule has 1 fully saturated rings. The van der Waals surface area contributed by atoms with E-state index in [0.717, 1.165) is 10.3 Å². The van der Waals surface area contributed by atoms with Crippen LogP contribution in [0.1, 0.15) is 31.2 Å². The highest BCUT2D eigenvalue weighted by Crippen LogP contribution is 2.37. The molecule has 1 aliphatic carbocycles. The molecule has 1 aromatic rings. The lowest BCUT2D eigenvalue weighted by atomic mass is 10.3. The van der Waals surface area contributed by atoms with Crippen LogP contribution in [0.4, 0.5) is 0 Å². The van der Waals surface area contributed by atoms with Crippen LogP contribution in [0.2, 0.25) is 0 Å². The minimum atomic E-state index is 0.792. The zero-order valence-corrected chi connectivity index (χ0v) is 10.7. The maximum Gasteiger partial charge on any atom is 0.111 e. The Hall–Kier alpha value is -0.0200. The smallest absolute Gasteiger partial charge is 0.111 e. The van der Waals surface area contributed by atoms with Gasteiger partial charge in [0, 0.05) is 11.4 Å². The second-order valence-corrected chi connectivity index (χ2v) is 5.85. The monoisotopic (exact) mass is 271 g/mol. The largest absolute Gasteiger partial charge is 0.249 e. The highest BCUT2D eigenvalue weighted by molar-refractivity contribution is 9.10. The summed E-state index contributed by atoms with van der Waals surface area (Å²) in [6.45, 7) is 2.12. The van der Waals surface area contributed by atoms with Gasteiger partial charge >= 0.3 is 0 Å². The van der Waals surface area contributed by atoms with E-state index in [1.165, 1.54) is 35.7 Å². The number of thioether (sulfide) groups is 1. The van der Waals surface area contributed by atoms with Crippen LogP contribution < -0.4 is 0 Å². The highest BCUT2D eigenvalue weighted by Gasteiger charge is 2.18. The molecule has 14 heavy (non-hydrogen) atoms. The first kappa shape index (κ1) is 10.5. The first-order valence-corrected chi connectivity index (χ1v) is 6.72. The normalized spacial score (nSPS) is 17.6. The summed E-state index contributed by atoms with van der Waals surface area (Å²) in [5.41, 5.74) is 1.28. The second-order valence-electron chi connectivity index (χ2n) is 3.77. The molecule has 1 aromatic heterocycles. The van der Waals surface area contributed by atoms with Crippen LogP contribution in [0, 0.1) is 6.92 Å². The van der Waals surface area contributed by atoms with Crippen LogP contribution >= 0.6 is 27.7 Å². The molecule has 1 saturated carbocycles. The van der Waals surface area contributed by atoms with Gasteiger partial charge in [-0.3, -0.25) is 0 Å². The van der Waals surface area contributed by atoms with Crippen molar-refractivity contribution in [2.24, 2.45) is 0 Å². The molecule has 0 amide bonds. The van der Waals surface area contributed by atoms with Gasteiger partial charge in [-0.15, -0.1) is 11.8 Å². The molecule has 0 spiro atoms. The van der Waals surface area contributed by atoms with Crippen LogP contribution in [0.25, 0.3) is 0 Å². The van der Waals surface area contributed by atoms with Crippen LogP contribution in [-0.2, 0) is 0 Å². The predicted octanol–water partition coefficient (Wildman–Crippen LogP) is 4.19. The molecule has 0 atom stereocenters. The zero-order chi connectivity index (χ0) is 9.97. The Labute approximate surface area is 97.8 Å². The third-order valence-corrected chi connectivity index (χ3v) is 5.23. The van der Waals surface area contributed by atoms with Gasteiger partial charge in [0.25, 0.3) is 0 Å². The van der Waals surface area contributed by atoms with Gasteiger partial charge in [0.15, 0.2) is 0 Å². The molecule has 1 aliphatic rings. The number of rotatable bonds is 2. The van der Waals surface area contributed by atoms with Crippen molar-refractivity contribution in [2.45, 2.75) is 42.9 Å². The number of nitrogens with zero attached hydrogens (tertiary/aromatic N) is 1. The molecule has 1 nitrogen and oxygen atoms in total. The molecular formula is C11H14BrNS. The van der Waals surface area contributed by atoms with Crippen LogP contribution in [-0.4, -0.2) is 10.2 Å². The maximum absolute atomic E-state index is 4.42. The molecule has 76 valence electrons. The van der Waals surface area contributed by atoms with Gasteiger partial charge in [0.05, 0.1) is 4.47 Å². The van der Waals surface area contributed by atoms with Crippen molar-refractivity contribution in [2.75, 3.05) is 0 Å². The van der Waals surface area contributed by atoms with E-state index in [0.29, 0.717) is 0 Å². The lowest BCUT2D eigenvalue weighted by Crippen LogP contribution is -1.96. The van der Waals surface area contributed by atoms with Crippen molar-refractivity contribution < 1.29 is 0 Å². The van der Waals surface area contributed by atoms with Crippen LogP contribution in [0.15, 0.2) is 21.8 Å². The van der Waals surface area contributed by atoms with E-state index >= 15 is 0 Å². The third kappa shape index (κ3) is 2.31. The van der Waals surface area contributed by atoms with Crippen molar-refractivity contribution in [3.63, 3.8) is 0 Å². The SMILES string of the molecule is Cc1ccnc(SC2CCCC2)c1Br. The van der Waals surface area contributed by atoms with Gasteiger partial charge < -0.3 is 0 Å². The maximum atomic E-state index is 4.42. The summed E-state index contributed by atoms with van der Waals surface area (Å²) in [7, 11) is 0. The van der Waals surface area contributed by atoms with Crippen molar-refractivity contribution in [1.82, 2.24) is 4.98 Å². The summed E-state index contributed by atoms with van der Waals surface area (Å²) in [5, 5.41) is 1.96. The minimum absolute atomic E-state index is 0.792. The van der Waals surface area contributed by atoms with E-state index in [4.69, 9.17) is 0 Å². The summed E-state index contributed by atoms with van der Waals surface area (Å²) in [4.78, 5) is 4.42. The van der Waals surface area contributed by atoms with Gasteiger partial charge in [-0.05, 0) is 47.3 Å². The number of hydrogen-bond acceptors (Lipinski definition) is 2. The molecule has 0 aromatic carbocycles. The standard InChI is InChI=1S/C11H14BrNS/c1-8-6-7-13-11(10(8)12)14-9-4-2-3-5-9/h6-7,9H,2-5H2,1H3. The first-order valence-electron chi connectivity index (χ1n) is 5.05. The van der Waals surface area contributed by atoms with Gasteiger partial charge in [0.1, 0.15) is 5.03 Å². The molecule has 0 N–H and O–H groups in total. The van der Waals surface area contributed by atoms with E-state index in [9.17, 15) is 0 Å². The number of aromatic nitrogens is 1.